The van der Waals surface area contributed by atoms with Crippen molar-refractivity contribution < 1.29 is 28.7 Å². The second-order valence-electron chi connectivity index (χ2n) is 19.5. The van der Waals surface area contributed by atoms with Gasteiger partial charge in [0.2, 0.25) is 23.6 Å². The van der Waals surface area contributed by atoms with E-state index in [1.807, 2.05) is 82.9 Å². The van der Waals surface area contributed by atoms with Gasteiger partial charge in [-0.05, 0) is 98.6 Å². The van der Waals surface area contributed by atoms with Gasteiger partial charge in [0.1, 0.15) is 48.4 Å². The van der Waals surface area contributed by atoms with E-state index in [-0.39, 0.29) is 35.7 Å². The number of hydrogen-bond donors (Lipinski definition) is 4. The smallest absolute Gasteiger partial charge is 0.250 e. The van der Waals surface area contributed by atoms with Crippen molar-refractivity contribution in [1.82, 2.24) is 40.4 Å². The molecular weight excluding hydrogens is 857 g/mol. The van der Waals surface area contributed by atoms with E-state index in [2.05, 4.69) is 44.9 Å². The molecule has 2 aliphatic carbocycles. The minimum atomic E-state index is -0.763. The van der Waals surface area contributed by atoms with Crippen LogP contribution in [-0.4, -0.2) is 66.5 Å². The van der Waals surface area contributed by atoms with Gasteiger partial charge in [-0.15, -0.1) is 0 Å². The monoisotopic (exact) mass is 910 g/mol. The molecule has 0 spiro atoms. The molecule has 4 N–H and O–H groups in total. The highest BCUT2D eigenvalue weighted by atomic mass is 16.5. The van der Waals surface area contributed by atoms with Crippen molar-refractivity contribution in [2.24, 2.45) is 11.8 Å². The van der Waals surface area contributed by atoms with Crippen LogP contribution >= 0.6 is 0 Å². The number of nitrogens with zero attached hydrogens (tertiary/aromatic N) is 4. The Morgan fingerprint density at radius 1 is 0.588 bits per heavy atom. The summed E-state index contributed by atoms with van der Waals surface area (Å²) < 4.78 is 13.0. The maximum absolute atomic E-state index is 14.3. The van der Waals surface area contributed by atoms with Gasteiger partial charge in [0.15, 0.2) is 0 Å². The second kappa shape index (κ2) is 17.5. The van der Waals surface area contributed by atoms with Crippen molar-refractivity contribution in [2.75, 3.05) is 13.1 Å². The number of rotatable bonds is 14. The number of aromatic nitrogens is 4. The predicted octanol–water partition coefficient (Wildman–Crippen LogP) is 8.56. The molecule has 14 heteroatoms. The third-order valence-electron chi connectivity index (χ3n) is 14.6. The van der Waals surface area contributed by atoms with Gasteiger partial charge >= 0.3 is 0 Å². The topological polar surface area (TPSA) is 175 Å². The lowest BCUT2D eigenvalue weighted by atomic mass is 9.87. The summed E-state index contributed by atoms with van der Waals surface area (Å²) in [5, 5.41) is 6.14. The van der Waals surface area contributed by atoms with Crippen molar-refractivity contribution in [3.05, 3.63) is 131 Å². The zero-order valence-electron chi connectivity index (χ0n) is 37.8. The summed E-state index contributed by atoms with van der Waals surface area (Å²) in [6, 6.07) is 25.4. The first-order valence-corrected chi connectivity index (χ1v) is 24.3. The molecule has 0 bridgehead atoms. The molecule has 6 aliphatic rings. The maximum Gasteiger partial charge on any atom is 0.250 e. The lowest BCUT2D eigenvalue weighted by Crippen LogP contribution is -2.43. The van der Waals surface area contributed by atoms with Gasteiger partial charge < -0.3 is 39.9 Å². The van der Waals surface area contributed by atoms with Crippen LogP contribution in [0.3, 0.4) is 0 Å². The molecule has 0 radical (unpaired) electrons. The average Bonchev–Trinajstić information content (AvgIpc) is 4.00. The molecule has 6 heterocycles. The molecule has 2 saturated heterocycles. The summed E-state index contributed by atoms with van der Waals surface area (Å²) in [6.45, 7) is 1.86. The number of imidazole rings is 2. The lowest BCUT2D eigenvalue weighted by Gasteiger charge is -2.30. The van der Waals surface area contributed by atoms with Crippen LogP contribution in [0.25, 0.3) is 33.6 Å². The number of H-pyrrole nitrogens is 2. The second-order valence-corrected chi connectivity index (χ2v) is 19.5. The van der Waals surface area contributed by atoms with E-state index < -0.39 is 12.1 Å². The van der Waals surface area contributed by atoms with Crippen molar-refractivity contribution >= 4 is 23.6 Å². The summed E-state index contributed by atoms with van der Waals surface area (Å²) in [5.41, 5.74) is 9.06. The van der Waals surface area contributed by atoms with Gasteiger partial charge in [0.25, 0.3) is 0 Å². The first-order valence-electron chi connectivity index (χ1n) is 24.3. The molecule has 14 nitrogen and oxygen atoms in total. The number of aromatic amines is 2. The number of nitrogens with one attached hydrogen (secondary N) is 4. The Labute approximate surface area is 394 Å². The Morgan fingerprint density at radius 2 is 1.01 bits per heavy atom. The molecule has 4 fully saturated rings. The Hall–Kier alpha value is -7.22. The summed E-state index contributed by atoms with van der Waals surface area (Å²) >= 11 is 0. The van der Waals surface area contributed by atoms with Crippen LogP contribution in [0.1, 0.15) is 122 Å². The molecule has 4 amide bonds. The van der Waals surface area contributed by atoms with E-state index in [0.717, 1.165) is 119 Å². The van der Waals surface area contributed by atoms with Gasteiger partial charge in [-0.3, -0.25) is 19.2 Å². The highest BCUT2D eigenvalue weighted by Gasteiger charge is 2.40. The standard InChI is InChI=1S/C54H54N8O6/c63-45(21-31-15-16-31)59-49(33-9-3-1-4-10-33)53(65)61-19-7-13-41(61)51-55-27-39(57-51)35-23-37-29-68-44-26-36(24-38-30-67-43(25-35)47(37)48(38)44)40-28-56-52(58-40)42-14-8-20-62(42)54(66)50(34-11-5-2-6-12-34)60-46(64)22-32-17-18-32/h1-6,9-12,23-28,31-32,41-42,49-50H,7-8,13-22,29-30H2,(H,55,57)(H,56,58)(H,59,63)(H,60,64)/t41-,42-,49+,50+/m0/s1. The SMILES string of the molecule is O=C(CC1CC1)N[C@@H](C(=O)N1CCC[C@H]1c1ncc(-c2cc3c4c(c2)OCc2cc(-c5cnc([C@@H]6CCCN6C(=O)[C@H](NC(=O)CC6CC6)c6ccccc6)[nH]5)cc(c2-4)OC3)[nH]1)c1ccccc1. The van der Waals surface area contributed by atoms with E-state index in [9.17, 15) is 19.2 Å². The Kier molecular flexibility index (Phi) is 10.8. The van der Waals surface area contributed by atoms with Crippen LogP contribution in [0.2, 0.25) is 0 Å². The van der Waals surface area contributed by atoms with Crippen LogP contribution in [0.4, 0.5) is 0 Å². The van der Waals surface area contributed by atoms with E-state index >= 15 is 0 Å². The molecular formula is C54H54N8O6. The third-order valence-corrected chi connectivity index (χ3v) is 14.6. The molecule has 4 aliphatic heterocycles. The third kappa shape index (κ3) is 8.19. The van der Waals surface area contributed by atoms with Crippen molar-refractivity contribution in [3.63, 3.8) is 0 Å². The number of hydrogen-bond acceptors (Lipinski definition) is 8. The van der Waals surface area contributed by atoms with Crippen molar-refractivity contribution in [3.8, 4) is 45.1 Å². The first kappa shape index (κ1) is 42.2. The summed E-state index contributed by atoms with van der Waals surface area (Å²) in [4.78, 5) is 75.2. The minimum absolute atomic E-state index is 0.0850. The zero-order valence-corrected chi connectivity index (χ0v) is 37.8. The number of carbonyl (C=O) groups is 4. The van der Waals surface area contributed by atoms with Crippen LogP contribution in [0.5, 0.6) is 11.5 Å². The number of ether oxygens (including phenoxy) is 2. The Morgan fingerprint density at radius 3 is 1.43 bits per heavy atom. The quantitative estimate of drug-likeness (QED) is 0.0841. The molecule has 2 aromatic heterocycles. The fourth-order valence-corrected chi connectivity index (χ4v) is 10.7. The highest BCUT2D eigenvalue weighted by molar-refractivity contribution is 5.91. The fourth-order valence-electron chi connectivity index (χ4n) is 10.7. The number of likely N-dealkylation sites (tertiary alicyclic amines) is 2. The van der Waals surface area contributed by atoms with Crippen molar-refractivity contribution in [1.29, 1.82) is 0 Å². The molecule has 68 heavy (non-hydrogen) atoms. The van der Waals surface area contributed by atoms with Gasteiger partial charge in [0.05, 0.1) is 35.9 Å². The van der Waals surface area contributed by atoms with Crippen LogP contribution in [-0.2, 0) is 32.4 Å². The van der Waals surface area contributed by atoms with Gasteiger partial charge in [0, 0.05) is 59.3 Å². The Balaban J connectivity index is 0.765. The summed E-state index contributed by atoms with van der Waals surface area (Å²) in [5.74, 6) is 3.39. The zero-order chi connectivity index (χ0) is 45.9. The Bertz CT molecular complexity index is 2680. The molecule has 346 valence electrons. The maximum atomic E-state index is 14.3. The number of carbonyl (C=O) groups excluding carboxylic acids is 4. The predicted molar refractivity (Wildman–Crippen MR) is 252 cm³/mol. The lowest BCUT2D eigenvalue weighted by molar-refractivity contribution is -0.137. The first-order chi connectivity index (χ1) is 33.3. The van der Waals surface area contributed by atoms with Gasteiger partial charge in [-0.1, -0.05) is 60.7 Å². The van der Waals surface area contributed by atoms with Gasteiger partial charge in [-0.25, -0.2) is 9.97 Å². The number of amides is 4. The van der Waals surface area contributed by atoms with Crippen molar-refractivity contribution in [2.45, 2.75) is 102 Å². The molecule has 4 aromatic carbocycles. The normalized spacial score (nSPS) is 19.9. The van der Waals surface area contributed by atoms with Crippen LogP contribution in [0, 0.1) is 11.8 Å². The van der Waals surface area contributed by atoms with E-state index in [1.54, 1.807) is 0 Å². The molecule has 0 unspecified atom stereocenters. The van der Waals surface area contributed by atoms with Crippen LogP contribution < -0.4 is 20.1 Å². The molecule has 2 saturated carbocycles. The summed E-state index contributed by atoms with van der Waals surface area (Å²) in [6.07, 6.45) is 12.0. The number of benzene rings is 4. The fraction of sp³-hybridized carbons (Fsp3) is 0.370. The van der Waals surface area contributed by atoms with Gasteiger partial charge in [-0.2, -0.15) is 0 Å². The summed E-state index contributed by atoms with van der Waals surface area (Å²) in [7, 11) is 0. The highest BCUT2D eigenvalue weighted by Crippen LogP contribution is 2.51. The van der Waals surface area contributed by atoms with E-state index in [0.29, 0.717) is 62.6 Å². The van der Waals surface area contributed by atoms with Crippen LogP contribution in [0.15, 0.2) is 97.3 Å². The average molecular weight is 911 g/mol. The minimum Gasteiger partial charge on any atom is -0.488 e. The van der Waals surface area contributed by atoms with E-state index in [4.69, 9.17) is 19.4 Å². The largest absolute Gasteiger partial charge is 0.488 e. The molecule has 6 aromatic rings. The molecule has 4 atom stereocenters. The van der Waals surface area contributed by atoms with E-state index in [1.165, 1.54) is 0 Å². The molecule has 12 rings (SSSR count).